The quantitative estimate of drug-likeness (QED) is 0.922. The lowest BCUT2D eigenvalue weighted by atomic mass is 9.84. The van der Waals surface area contributed by atoms with Crippen molar-refractivity contribution >= 4 is 5.91 Å². The van der Waals surface area contributed by atoms with Gasteiger partial charge in [0.15, 0.2) is 0 Å². The first-order valence-electron chi connectivity index (χ1n) is 9.11. The van der Waals surface area contributed by atoms with Crippen LogP contribution in [0.15, 0.2) is 0 Å². The van der Waals surface area contributed by atoms with Crippen LogP contribution in [0.5, 0.6) is 0 Å². The molecule has 23 heavy (non-hydrogen) atoms. The van der Waals surface area contributed by atoms with E-state index in [4.69, 9.17) is 4.74 Å². The number of fused-ring (bicyclic) bond motifs is 1. The average molecular weight is 318 g/mol. The van der Waals surface area contributed by atoms with Gasteiger partial charge in [0.2, 0.25) is 5.91 Å². The molecular weight excluding hydrogens is 292 g/mol. The molecule has 0 spiro atoms. The molecule has 126 valence electrons. The zero-order valence-electron chi connectivity index (χ0n) is 13.7. The first-order chi connectivity index (χ1) is 11.3. The molecule has 0 bridgehead atoms. The van der Waals surface area contributed by atoms with Crippen LogP contribution in [-0.2, 0) is 22.5 Å². The van der Waals surface area contributed by atoms with Crippen LogP contribution < -0.4 is 5.32 Å². The van der Waals surface area contributed by atoms with Gasteiger partial charge in [0.05, 0.1) is 0 Å². The molecular formula is C17H26N4O2. The molecule has 1 atom stereocenters. The molecule has 2 fully saturated rings. The van der Waals surface area contributed by atoms with E-state index in [0.29, 0.717) is 5.92 Å². The molecule has 1 unspecified atom stereocenters. The molecule has 1 aromatic rings. The van der Waals surface area contributed by atoms with Crippen LogP contribution in [0.3, 0.4) is 0 Å². The number of carbonyl (C=O) groups is 1. The summed E-state index contributed by atoms with van der Waals surface area (Å²) < 4.78 is 7.77. The lowest BCUT2D eigenvalue weighted by Gasteiger charge is -2.27. The molecule has 1 aliphatic carbocycles. The van der Waals surface area contributed by atoms with Gasteiger partial charge in [-0.3, -0.25) is 4.79 Å². The summed E-state index contributed by atoms with van der Waals surface area (Å²) in [5.41, 5.74) is 0. The molecule has 6 heteroatoms. The van der Waals surface area contributed by atoms with Gasteiger partial charge < -0.3 is 14.6 Å². The third-order valence-corrected chi connectivity index (χ3v) is 5.68. The van der Waals surface area contributed by atoms with Gasteiger partial charge >= 0.3 is 0 Å². The highest BCUT2D eigenvalue weighted by molar-refractivity contribution is 5.79. The van der Waals surface area contributed by atoms with E-state index in [2.05, 4.69) is 20.1 Å². The number of rotatable bonds is 3. The summed E-state index contributed by atoms with van der Waals surface area (Å²) in [5, 5.41) is 12.2. The Morgan fingerprint density at radius 2 is 1.91 bits per heavy atom. The first kappa shape index (κ1) is 15.1. The maximum Gasteiger partial charge on any atom is 0.223 e. The van der Waals surface area contributed by atoms with Crippen LogP contribution in [0.25, 0.3) is 0 Å². The minimum Gasteiger partial charge on any atom is -0.381 e. The fraction of sp³-hybridized carbons (Fsp3) is 0.824. The molecule has 0 aromatic carbocycles. The van der Waals surface area contributed by atoms with Crippen LogP contribution in [0.1, 0.15) is 62.5 Å². The molecule has 1 saturated heterocycles. The Hall–Kier alpha value is -1.43. The van der Waals surface area contributed by atoms with E-state index in [-0.39, 0.29) is 17.9 Å². The van der Waals surface area contributed by atoms with E-state index in [1.54, 1.807) is 0 Å². The molecule has 6 nitrogen and oxygen atoms in total. The van der Waals surface area contributed by atoms with Crippen molar-refractivity contribution in [2.75, 3.05) is 13.2 Å². The van der Waals surface area contributed by atoms with Crippen molar-refractivity contribution in [2.24, 2.45) is 5.92 Å². The van der Waals surface area contributed by atoms with Crippen molar-refractivity contribution in [3.8, 4) is 0 Å². The van der Waals surface area contributed by atoms with Gasteiger partial charge in [-0.15, -0.1) is 10.2 Å². The number of carbonyl (C=O) groups excluding carboxylic acids is 1. The Balaban J connectivity index is 1.40. The lowest BCUT2D eigenvalue weighted by Crippen LogP contribution is -2.41. The van der Waals surface area contributed by atoms with Crippen LogP contribution in [0, 0.1) is 5.92 Å². The third kappa shape index (κ3) is 3.13. The lowest BCUT2D eigenvalue weighted by molar-refractivity contribution is -0.128. The number of ether oxygens (including phenoxy) is 1. The van der Waals surface area contributed by atoms with E-state index in [0.717, 1.165) is 76.4 Å². The van der Waals surface area contributed by atoms with Crippen LogP contribution in [0.2, 0.25) is 0 Å². The number of amides is 1. The van der Waals surface area contributed by atoms with Crippen LogP contribution in [-0.4, -0.2) is 39.9 Å². The number of nitrogens with zero attached hydrogens (tertiary/aromatic N) is 3. The molecule has 1 aromatic heterocycles. The van der Waals surface area contributed by atoms with Crippen LogP contribution in [0.4, 0.5) is 0 Å². The molecule has 1 saturated carbocycles. The smallest absolute Gasteiger partial charge is 0.223 e. The summed E-state index contributed by atoms with van der Waals surface area (Å²) in [6.45, 7) is 2.57. The zero-order valence-corrected chi connectivity index (χ0v) is 13.7. The Labute approximate surface area is 137 Å². The van der Waals surface area contributed by atoms with Gasteiger partial charge in [-0.2, -0.15) is 0 Å². The molecule has 0 radical (unpaired) electrons. The van der Waals surface area contributed by atoms with Crippen molar-refractivity contribution < 1.29 is 9.53 Å². The first-order valence-corrected chi connectivity index (χ1v) is 9.11. The average Bonchev–Trinajstić information content (AvgIpc) is 2.82. The highest BCUT2D eigenvalue weighted by Gasteiger charge is 2.29. The minimum absolute atomic E-state index is 0.267. The number of nitrogens with one attached hydrogen (secondary N) is 1. The summed E-state index contributed by atoms with van der Waals surface area (Å²) in [6.07, 6.45) is 8.30. The Bertz CT molecular complexity index is 561. The Kier molecular flexibility index (Phi) is 4.33. The predicted octanol–water partition coefficient (Wildman–Crippen LogP) is 1.79. The maximum atomic E-state index is 12.2. The normalized spacial score (nSPS) is 26.2. The summed E-state index contributed by atoms with van der Waals surface area (Å²) in [4.78, 5) is 12.2. The van der Waals surface area contributed by atoms with Crippen molar-refractivity contribution in [3.05, 3.63) is 11.6 Å². The predicted molar refractivity (Wildman–Crippen MR) is 85.0 cm³/mol. The maximum absolute atomic E-state index is 12.2. The number of aryl methyl sites for hydroxylation is 1. The second kappa shape index (κ2) is 6.59. The summed E-state index contributed by atoms with van der Waals surface area (Å²) in [5.74, 6) is 3.24. The van der Waals surface area contributed by atoms with E-state index in [1.807, 2.05) is 0 Å². The van der Waals surface area contributed by atoms with Crippen molar-refractivity contribution in [1.29, 1.82) is 0 Å². The number of hydrogen-bond acceptors (Lipinski definition) is 4. The summed E-state index contributed by atoms with van der Waals surface area (Å²) >= 11 is 0. The van der Waals surface area contributed by atoms with Gasteiger partial charge in [-0.1, -0.05) is 6.42 Å². The Morgan fingerprint density at radius 3 is 2.65 bits per heavy atom. The zero-order chi connectivity index (χ0) is 15.6. The van der Waals surface area contributed by atoms with E-state index in [9.17, 15) is 4.79 Å². The van der Waals surface area contributed by atoms with E-state index < -0.39 is 0 Å². The van der Waals surface area contributed by atoms with Crippen molar-refractivity contribution in [3.63, 3.8) is 0 Å². The van der Waals surface area contributed by atoms with Gasteiger partial charge in [0.1, 0.15) is 11.6 Å². The van der Waals surface area contributed by atoms with Crippen LogP contribution >= 0.6 is 0 Å². The third-order valence-electron chi connectivity index (χ3n) is 5.68. The van der Waals surface area contributed by atoms with Gasteiger partial charge in [-0.05, 0) is 38.5 Å². The second-order valence-corrected chi connectivity index (χ2v) is 7.17. The summed E-state index contributed by atoms with van der Waals surface area (Å²) in [7, 11) is 0. The van der Waals surface area contributed by atoms with Gasteiger partial charge in [0, 0.05) is 44.1 Å². The summed E-state index contributed by atoms with van der Waals surface area (Å²) in [6, 6.07) is 0.285. The molecule has 1 N–H and O–H groups in total. The molecule has 3 aliphatic rings. The second-order valence-electron chi connectivity index (χ2n) is 7.17. The molecule has 3 heterocycles. The Morgan fingerprint density at radius 1 is 1.09 bits per heavy atom. The minimum atomic E-state index is 0.267. The van der Waals surface area contributed by atoms with Crippen molar-refractivity contribution in [1.82, 2.24) is 20.1 Å². The standard InChI is InChI=1S/C17H26N4O2/c22-17(13-2-1-3-13)18-14-4-5-15-19-20-16(21(15)9-6-14)12-7-10-23-11-8-12/h12-14H,1-11H2,(H,18,22). The fourth-order valence-electron chi connectivity index (χ4n) is 3.90. The van der Waals surface area contributed by atoms with Gasteiger partial charge in [-0.25, -0.2) is 0 Å². The highest BCUT2D eigenvalue weighted by Crippen LogP contribution is 2.29. The SMILES string of the molecule is O=C(NC1CCc2nnc(C3CCOCC3)n2CC1)C1CCC1. The van der Waals surface area contributed by atoms with E-state index in [1.165, 1.54) is 6.42 Å². The topological polar surface area (TPSA) is 69.0 Å². The van der Waals surface area contributed by atoms with E-state index >= 15 is 0 Å². The molecule has 4 rings (SSSR count). The highest BCUT2D eigenvalue weighted by atomic mass is 16.5. The number of aromatic nitrogens is 3. The fourth-order valence-corrected chi connectivity index (χ4v) is 3.90. The van der Waals surface area contributed by atoms with Crippen molar-refractivity contribution in [2.45, 2.75) is 69.9 Å². The van der Waals surface area contributed by atoms with Gasteiger partial charge in [0.25, 0.3) is 0 Å². The monoisotopic (exact) mass is 318 g/mol. The molecule has 2 aliphatic heterocycles. The number of hydrogen-bond donors (Lipinski definition) is 1. The molecule has 1 amide bonds. The largest absolute Gasteiger partial charge is 0.381 e.